The first-order chi connectivity index (χ1) is 8.61. The van der Waals surface area contributed by atoms with Gasteiger partial charge in [-0.3, -0.25) is 4.79 Å². The van der Waals surface area contributed by atoms with Gasteiger partial charge in [-0.25, -0.2) is 0 Å². The Bertz CT molecular complexity index is 445. The van der Waals surface area contributed by atoms with E-state index in [0.717, 1.165) is 12.0 Å². The predicted molar refractivity (Wildman–Crippen MR) is 71.5 cm³/mol. The van der Waals surface area contributed by atoms with Gasteiger partial charge >= 0.3 is 0 Å². The molecule has 1 atom stereocenters. The van der Waals surface area contributed by atoms with Gasteiger partial charge in [-0.15, -0.1) is 0 Å². The van der Waals surface area contributed by atoms with Crippen LogP contribution in [0, 0.1) is 6.92 Å². The van der Waals surface area contributed by atoms with Crippen molar-refractivity contribution in [2.75, 3.05) is 25.4 Å². The molecule has 0 spiro atoms. The molecule has 4 heteroatoms. The summed E-state index contributed by atoms with van der Waals surface area (Å²) in [6, 6.07) is 5.57. The van der Waals surface area contributed by atoms with Gasteiger partial charge in [0.2, 0.25) is 0 Å². The van der Waals surface area contributed by atoms with E-state index >= 15 is 0 Å². The SMILES string of the molecule is CCC1CN(C(=O)c2ccc(C)cc2N)CCO1. The fraction of sp³-hybridized carbons (Fsp3) is 0.500. The van der Waals surface area contributed by atoms with Crippen LogP contribution in [0.4, 0.5) is 5.69 Å². The average Bonchev–Trinajstić information content (AvgIpc) is 2.38. The van der Waals surface area contributed by atoms with E-state index in [1.165, 1.54) is 0 Å². The molecule has 0 aliphatic carbocycles. The molecule has 2 rings (SSSR count). The molecular formula is C14H20N2O2. The van der Waals surface area contributed by atoms with Crippen LogP contribution in [0.15, 0.2) is 18.2 Å². The number of ether oxygens (including phenoxy) is 1. The van der Waals surface area contributed by atoms with Gasteiger partial charge in [0.05, 0.1) is 18.3 Å². The summed E-state index contributed by atoms with van der Waals surface area (Å²) in [6.45, 7) is 5.94. The van der Waals surface area contributed by atoms with Crippen molar-refractivity contribution in [2.45, 2.75) is 26.4 Å². The summed E-state index contributed by atoms with van der Waals surface area (Å²) < 4.78 is 5.57. The number of hydrogen-bond acceptors (Lipinski definition) is 3. The normalized spacial score (nSPS) is 19.9. The molecular weight excluding hydrogens is 228 g/mol. The minimum absolute atomic E-state index is 0.00856. The number of nitrogens with two attached hydrogens (primary N) is 1. The zero-order valence-electron chi connectivity index (χ0n) is 11.0. The van der Waals surface area contributed by atoms with E-state index in [4.69, 9.17) is 10.5 Å². The van der Waals surface area contributed by atoms with E-state index in [-0.39, 0.29) is 12.0 Å². The van der Waals surface area contributed by atoms with Crippen molar-refractivity contribution in [1.29, 1.82) is 0 Å². The van der Waals surface area contributed by atoms with Crippen LogP contribution in [-0.4, -0.2) is 36.6 Å². The number of hydrogen-bond donors (Lipinski definition) is 1. The molecule has 0 aromatic heterocycles. The molecule has 0 radical (unpaired) electrons. The van der Waals surface area contributed by atoms with Crippen LogP contribution in [0.3, 0.4) is 0 Å². The van der Waals surface area contributed by atoms with E-state index in [2.05, 4.69) is 6.92 Å². The molecule has 1 unspecified atom stereocenters. The molecule has 4 nitrogen and oxygen atoms in total. The van der Waals surface area contributed by atoms with Crippen molar-refractivity contribution in [3.8, 4) is 0 Å². The van der Waals surface area contributed by atoms with E-state index in [1.807, 2.05) is 30.0 Å². The summed E-state index contributed by atoms with van der Waals surface area (Å²) in [6.07, 6.45) is 1.07. The van der Waals surface area contributed by atoms with Crippen LogP contribution in [0.5, 0.6) is 0 Å². The Balaban J connectivity index is 2.15. The molecule has 2 N–H and O–H groups in total. The Morgan fingerprint density at radius 1 is 1.56 bits per heavy atom. The monoisotopic (exact) mass is 248 g/mol. The van der Waals surface area contributed by atoms with Gasteiger partial charge in [0.25, 0.3) is 5.91 Å². The fourth-order valence-electron chi connectivity index (χ4n) is 2.20. The van der Waals surface area contributed by atoms with Crippen molar-refractivity contribution in [1.82, 2.24) is 4.90 Å². The lowest BCUT2D eigenvalue weighted by molar-refractivity contribution is -0.0225. The molecule has 1 saturated heterocycles. The quantitative estimate of drug-likeness (QED) is 0.812. The number of nitrogens with zero attached hydrogens (tertiary/aromatic N) is 1. The minimum Gasteiger partial charge on any atom is -0.398 e. The van der Waals surface area contributed by atoms with Crippen LogP contribution >= 0.6 is 0 Å². The van der Waals surface area contributed by atoms with Crippen LogP contribution in [0.25, 0.3) is 0 Å². The lowest BCUT2D eigenvalue weighted by atomic mass is 10.1. The zero-order valence-corrected chi connectivity index (χ0v) is 11.0. The molecule has 1 amide bonds. The Hall–Kier alpha value is -1.55. The number of anilines is 1. The lowest BCUT2D eigenvalue weighted by Gasteiger charge is -2.32. The van der Waals surface area contributed by atoms with Gasteiger partial charge in [0, 0.05) is 18.8 Å². The highest BCUT2D eigenvalue weighted by molar-refractivity contribution is 5.99. The fourth-order valence-corrected chi connectivity index (χ4v) is 2.20. The van der Waals surface area contributed by atoms with Crippen LogP contribution in [0.2, 0.25) is 0 Å². The Labute approximate surface area is 108 Å². The van der Waals surface area contributed by atoms with E-state index < -0.39 is 0 Å². The Morgan fingerprint density at radius 3 is 3.00 bits per heavy atom. The summed E-state index contributed by atoms with van der Waals surface area (Å²) in [7, 11) is 0. The molecule has 0 bridgehead atoms. The second-order valence-corrected chi connectivity index (χ2v) is 4.74. The lowest BCUT2D eigenvalue weighted by Crippen LogP contribution is -2.45. The first kappa shape index (κ1) is 12.9. The topological polar surface area (TPSA) is 55.6 Å². The number of rotatable bonds is 2. The van der Waals surface area contributed by atoms with Crippen LogP contribution in [-0.2, 0) is 4.74 Å². The Kier molecular flexibility index (Phi) is 3.87. The molecule has 1 aliphatic rings. The number of aryl methyl sites for hydroxylation is 1. The maximum Gasteiger partial charge on any atom is 0.256 e. The van der Waals surface area contributed by atoms with Gasteiger partial charge in [-0.1, -0.05) is 13.0 Å². The highest BCUT2D eigenvalue weighted by Crippen LogP contribution is 2.18. The van der Waals surface area contributed by atoms with Crippen molar-refractivity contribution < 1.29 is 9.53 Å². The van der Waals surface area contributed by atoms with Crippen LogP contribution in [0.1, 0.15) is 29.3 Å². The highest BCUT2D eigenvalue weighted by Gasteiger charge is 2.24. The molecule has 0 saturated carbocycles. The van der Waals surface area contributed by atoms with Crippen molar-refractivity contribution in [2.24, 2.45) is 0 Å². The van der Waals surface area contributed by atoms with E-state index in [9.17, 15) is 4.79 Å². The number of morpholine rings is 1. The largest absolute Gasteiger partial charge is 0.398 e. The zero-order chi connectivity index (χ0) is 13.1. The summed E-state index contributed by atoms with van der Waals surface area (Å²) in [4.78, 5) is 14.2. The van der Waals surface area contributed by atoms with Crippen molar-refractivity contribution in [3.63, 3.8) is 0 Å². The molecule has 1 aromatic rings. The molecule has 1 fully saturated rings. The molecule has 1 aliphatic heterocycles. The summed E-state index contributed by atoms with van der Waals surface area (Å²) in [5.41, 5.74) is 8.13. The maximum absolute atomic E-state index is 12.4. The molecule has 18 heavy (non-hydrogen) atoms. The van der Waals surface area contributed by atoms with Gasteiger partial charge < -0.3 is 15.4 Å². The van der Waals surface area contributed by atoms with E-state index in [0.29, 0.717) is 30.9 Å². The Morgan fingerprint density at radius 2 is 2.33 bits per heavy atom. The number of carbonyl (C=O) groups excluding carboxylic acids is 1. The van der Waals surface area contributed by atoms with Gasteiger partial charge in [0.1, 0.15) is 0 Å². The van der Waals surface area contributed by atoms with Gasteiger partial charge in [0.15, 0.2) is 0 Å². The molecule has 1 heterocycles. The number of nitrogen functional groups attached to an aromatic ring is 1. The highest BCUT2D eigenvalue weighted by atomic mass is 16.5. The first-order valence-electron chi connectivity index (χ1n) is 6.38. The summed E-state index contributed by atoms with van der Waals surface area (Å²) in [5.74, 6) is 0.00856. The first-order valence-corrected chi connectivity index (χ1v) is 6.38. The number of carbonyl (C=O) groups is 1. The summed E-state index contributed by atoms with van der Waals surface area (Å²) in [5, 5.41) is 0. The minimum atomic E-state index is 0.00856. The third kappa shape index (κ3) is 2.64. The maximum atomic E-state index is 12.4. The molecule has 1 aromatic carbocycles. The van der Waals surface area contributed by atoms with Crippen molar-refractivity contribution >= 4 is 11.6 Å². The van der Waals surface area contributed by atoms with Gasteiger partial charge in [-0.2, -0.15) is 0 Å². The standard InChI is InChI=1S/C14H20N2O2/c1-3-11-9-16(6-7-18-11)14(17)12-5-4-10(2)8-13(12)15/h4-5,8,11H,3,6-7,9,15H2,1-2H3. The second kappa shape index (κ2) is 5.40. The van der Waals surface area contributed by atoms with Gasteiger partial charge in [-0.05, 0) is 31.0 Å². The third-order valence-corrected chi connectivity index (χ3v) is 3.32. The third-order valence-electron chi connectivity index (χ3n) is 3.32. The molecule has 98 valence electrons. The summed E-state index contributed by atoms with van der Waals surface area (Å²) >= 11 is 0. The number of benzene rings is 1. The number of amides is 1. The smallest absolute Gasteiger partial charge is 0.256 e. The second-order valence-electron chi connectivity index (χ2n) is 4.74. The van der Waals surface area contributed by atoms with Crippen LogP contribution < -0.4 is 5.73 Å². The average molecular weight is 248 g/mol. The van der Waals surface area contributed by atoms with E-state index in [1.54, 1.807) is 0 Å². The van der Waals surface area contributed by atoms with Crippen molar-refractivity contribution in [3.05, 3.63) is 29.3 Å². The predicted octanol–water partition coefficient (Wildman–Crippen LogP) is 1.83.